The molecule has 146 valence electrons. The molecule has 0 saturated carbocycles. The molecule has 28 heavy (non-hydrogen) atoms. The first-order valence-electron chi connectivity index (χ1n) is 8.71. The van der Waals surface area contributed by atoms with E-state index in [0.29, 0.717) is 16.4 Å². The Labute approximate surface area is 168 Å². The molecule has 1 aliphatic rings. The Bertz CT molecular complexity index is 955. The molecule has 1 aliphatic heterocycles. The number of carbonyl (C=O) groups is 2. The number of thioether (sulfide) groups is 1. The largest absolute Gasteiger partial charge is 0.493 e. The highest BCUT2D eigenvalue weighted by Gasteiger charge is 2.34. The van der Waals surface area contributed by atoms with Crippen molar-refractivity contribution in [2.45, 2.75) is 13.8 Å². The Hall–Kier alpha value is -2.93. The van der Waals surface area contributed by atoms with Crippen LogP contribution in [0.1, 0.15) is 16.7 Å². The Morgan fingerprint density at radius 3 is 2.46 bits per heavy atom. The number of carbonyl (C=O) groups excluding carboxylic acids is 2. The summed E-state index contributed by atoms with van der Waals surface area (Å²) in [5.74, 6) is 0.847. The van der Waals surface area contributed by atoms with Gasteiger partial charge in [-0.25, -0.2) is 0 Å². The summed E-state index contributed by atoms with van der Waals surface area (Å²) in [6.07, 6.45) is 1.68. The van der Waals surface area contributed by atoms with E-state index >= 15 is 0 Å². The Kier molecular flexibility index (Phi) is 5.94. The van der Waals surface area contributed by atoms with E-state index in [1.54, 1.807) is 32.4 Å². The van der Waals surface area contributed by atoms with E-state index in [4.69, 9.17) is 9.47 Å². The van der Waals surface area contributed by atoms with Crippen molar-refractivity contribution in [3.8, 4) is 11.5 Å². The summed E-state index contributed by atoms with van der Waals surface area (Å²) in [5, 5.41) is 2.87. The van der Waals surface area contributed by atoms with Crippen LogP contribution in [0.2, 0.25) is 0 Å². The topological polar surface area (TPSA) is 67.9 Å². The van der Waals surface area contributed by atoms with Gasteiger partial charge in [0.25, 0.3) is 11.1 Å². The summed E-state index contributed by atoms with van der Waals surface area (Å²) in [7, 11) is 3.11. The van der Waals surface area contributed by atoms with Crippen LogP contribution < -0.4 is 14.8 Å². The third kappa shape index (κ3) is 4.14. The molecule has 0 aromatic heterocycles. The van der Waals surface area contributed by atoms with Gasteiger partial charge in [0.2, 0.25) is 0 Å². The van der Waals surface area contributed by atoms with E-state index in [9.17, 15) is 9.59 Å². The normalized spacial score (nSPS) is 15.3. The molecule has 1 saturated heterocycles. The highest BCUT2D eigenvalue weighted by Crippen LogP contribution is 2.34. The minimum atomic E-state index is -0.318. The van der Waals surface area contributed by atoms with Crippen LogP contribution in [-0.2, 0) is 4.79 Å². The van der Waals surface area contributed by atoms with Gasteiger partial charge in [0.1, 0.15) is 0 Å². The first kappa shape index (κ1) is 19.8. The standard InChI is InChI=1S/C21H22N2O4S/c1-13-5-7-16(14(2)9-13)22-12-23-20(24)19(28-21(23)25)11-15-6-8-17(26-3)18(10-15)27-4/h5-11,22H,12H2,1-4H3/b19-11-. The lowest BCUT2D eigenvalue weighted by molar-refractivity contribution is -0.122. The molecule has 2 aromatic carbocycles. The van der Waals surface area contributed by atoms with Gasteiger partial charge in [-0.05, 0) is 61.0 Å². The molecule has 0 radical (unpaired) electrons. The van der Waals surface area contributed by atoms with Gasteiger partial charge in [-0.2, -0.15) is 0 Å². The van der Waals surface area contributed by atoms with Crippen LogP contribution in [0.5, 0.6) is 11.5 Å². The van der Waals surface area contributed by atoms with Crippen molar-refractivity contribution in [2.75, 3.05) is 26.2 Å². The van der Waals surface area contributed by atoms with Crippen molar-refractivity contribution >= 4 is 34.7 Å². The molecule has 3 rings (SSSR count). The molecule has 0 spiro atoms. The Balaban J connectivity index is 1.75. The van der Waals surface area contributed by atoms with Crippen LogP contribution >= 0.6 is 11.8 Å². The lowest BCUT2D eigenvalue weighted by Gasteiger charge is -2.16. The van der Waals surface area contributed by atoms with E-state index in [2.05, 4.69) is 5.32 Å². The maximum atomic E-state index is 12.7. The van der Waals surface area contributed by atoms with E-state index in [1.807, 2.05) is 38.1 Å². The van der Waals surface area contributed by atoms with E-state index in [0.717, 1.165) is 34.1 Å². The number of aryl methyl sites for hydroxylation is 2. The van der Waals surface area contributed by atoms with Crippen LogP contribution in [0.4, 0.5) is 10.5 Å². The van der Waals surface area contributed by atoms with Crippen LogP contribution in [0.15, 0.2) is 41.3 Å². The summed E-state index contributed by atoms with van der Waals surface area (Å²) in [5.41, 5.74) is 3.87. The minimum Gasteiger partial charge on any atom is -0.493 e. The van der Waals surface area contributed by atoms with Crippen molar-refractivity contribution in [3.63, 3.8) is 0 Å². The summed E-state index contributed by atoms with van der Waals surface area (Å²) in [6.45, 7) is 4.13. The molecule has 1 heterocycles. The highest BCUT2D eigenvalue weighted by molar-refractivity contribution is 8.18. The molecule has 7 heteroatoms. The zero-order chi connectivity index (χ0) is 20.3. The quantitative estimate of drug-likeness (QED) is 0.726. The maximum Gasteiger partial charge on any atom is 0.295 e. The summed E-state index contributed by atoms with van der Waals surface area (Å²) in [4.78, 5) is 26.6. The summed E-state index contributed by atoms with van der Waals surface area (Å²) < 4.78 is 10.5. The van der Waals surface area contributed by atoms with Crippen molar-refractivity contribution in [1.29, 1.82) is 0 Å². The van der Waals surface area contributed by atoms with Gasteiger partial charge in [0, 0.05) is 5.69 Å². The number of benzene rings is 2. The number of imide groups is 1. The number of nitrogens with zero attached hydrogens (tertiary/aromatic N) is 1. The second-order valence-corrected chi connectivity index (χ2v) is 7.37. The number of hydrogen-bond acceptors (Lipinski definition) is 6. The number of amides is 2. The third-order valence-electron chi connectivity index (χ3n) is 4.39. The summed E-state index contributed by atoms with van der Waals surface area (Å²) >= 11 is 0.928. The number of rotatable bonds is 6. The fourth-order valence-corrected chi connectivity index (χ4v) is 3.74. The zero-order valence-electron chi connectivity index (χ0n) is 16.2. The Morgan fingerprint density at radius 1 is 1.04 bits per heavy atom. The molecular weight excluding hydrogens is 376 g/mol. The first-order chi connectivity index (χ1) is 13.4. The monoisotopic (exact) mass is 398 g/mol. The Morgan fingerprint density at radius 2 is 1.79 bits per heavy atom. The first-order valence-corrected chi connectivity index (χ1v) is 9.53. The highest BCUT2D eigenvalue weighted by atomic mass is 32.2. The van der Waals surface area contributed by atoms with Crippen LogP contribution in [0.25, 0.3) is 6.08 Å². The molecule has 0 aliphatic carbocycles. The zero-order valence-corrected chi connectivity index (χ0v) is 17.1. The van der Waals surface area contributed by atoms with Crippen molar-refractivity contribution in [3.05, 3.63) is 58.0 Å². The van der Waals surface area contributed by atoms with Gasteiger partial charge < -0.3 is 14.8 Å². The molecule has 6 nitrogen and oxygen atoms in total. The molecule has 2 aromatic rings. The predicted octanol–water partition coefficient (Wildman–Crippen LogP) is 4.43. The van der Waals surface area contributed by atoms with Gasteiger partial charge in [-0.1, -0.05) is 23.8 Å². The van der Waals surface area contributed by atoms with Crippen LogP contribution in [-0.4, -0.2) is 36.9 Å². The van der Waals surface area contributed by atoms with Gasteiger partial charge in [0.15, 0.2) is 11.5 Å². The van der Waals surface area contributed by atoms with E-state index < -0.39 is 0 Å². The second-order valence-electron chi connectivity index (χ2n) is 6.38. The molecule has 0 unspecified atom stereocenters. The van der Waals surface area contributed by atoms with Crippen LogP contribution in [0, 0.1) is 13.8 Å². The number of methoxy groups -OCH3 is 2. The fraction of sp³-hybridized carbons (Fsp3) is 0.238. The molecule has 0 atom stereocenters. The molecule has 1 fully saturated rings. The molecule has 0 bridgehead atoms. The predicted molar refractivity (Wildman–Crippen MR) is 112 cm³/mol. The van der Waals surface area contributed by atoms with Gasteiger partial charge in [-0.3, -0.25) is 14.5 Å². The van der Waals surface area contributed by atoms with Crippen molar-refractivity contribution in [1.82, 2.24) is 4.90 Å². The average molecular weight is 398 g/mol. The lowest BCUT2D eigenvalue weighted by atomic mass is 10.1. The SMILES string of the molecule is COc1ccc(/C=C2\SC(=O)N(CNc3ccc(C)cc3C)C2=O)cc1OC. The molecular formula is C21H22N2O4S. The minimum absolute atomic E-state index is 0.123. The number of ether oxygens (including phenoxy) is 2. The fourth-order valence-electron chi connectivity index (χ4n) is 2.91. The summed E-state index contributed by atoms with van der Waals surface area (Å²) in [6, 6.07) is 11.3. The van der Waals surface area contributed by atoms with E-state index in [1.165, 1.54) is 4.90 Å². The van der Waals surface area contributed by atoms with Crippen molar-refractivity contribution in [2.24, 2.45) is 0 Å². The van der Waals surface area contributed by atoms with Crippen molar-refractivity contribution < 1.29 is 19.1 Å². The smallest absolute Gasteiger partial charge is 0.295 e. The third-order valence-corrected chi connectivity index (χ3v) is 5.30. The van der Waals surface area contributed by atoms with Crippen LogP contribution in [0.3, 0.4) is 0 Å². The molecule has 1 N–H and O–H groups in total. The number of anilines is 1. The second kappa shape index (κ2) is 8.39. The number of hydrogen-bond donors (Lipinski definition) is 1. The van der Waals surface area contributed by atoms with Gasteiger partial charge in [-0.15, -0.1) is 0 Å². The van der Waals surface area contributed by atoms with Gasteiger partial charge in [0.05, 0.1) is 25.8 Å². The molecule has 2 amide bonds. The maximum absolute atomic E-state index is 12.7. The lowest BCUT2D eigenvalue weighted by Crippen LogP contribution is -2.33. The van der Waals surface area contributed by atoms with Gasteiger partial charge >= 0.3 is 0 Å². The number of nitrogens with one attached hydrogen (secondary N) is 1. The van der Waals surface area contributed by atoms with E-state index in [-0.39, 0.29) is 17.8 Å². The average Bonchev–Trinajstić information content (AvgIpc) is 2.94.